The third-order valence-corrected chi connectivity index (χ3v) is 5.00. The number of nitrogens with one attached hydrogen (secondary N) is 1. The van der Waals surface area contributed by atoms with Crippen molar-refractivity contribution >= 4 is 18.3 Å². The summed E-state index contributed by atoms with van der Waals surface area (Å²) < 4.78 is 39.2. The Morgan fingerprint density at radius 3 is 2.33 bits per heavy atom. The van der Waals surface area contributed by atoms with Crippen LogP contribution >= 0.6 is 12.4 Å². The van der Waals surface area contributed by atoms with E-state index in [1.807, 2.05) is 13.8 Å². The molecule has 3 nitrogen and oxygen atoms in total. The van der Waals surface area contributed by atoms with Gasteiger partial charge in [-0.05, 0) is 30.9 Å². The van der Waals surface area contributed by atoms with Gasteiger partial charge in [0.1, 0.15) is 0 Å². The number of carbonyl (C=O) groups is 1. The number of rotatable bonds is 6. The molecule has 0 aromatic heterocycles. The lowest BCUT2D eigenvalue weighted by molar-refractivity contribution is -0.138. The second-order valence-electron chi connectivity index (χ2n) is 6.20. The fourth-order valence-corrected chi connectivity index (χ4v) is 3.05. The summed E-state index contributed by atoms with van der Waals surface area (Å²) in [5, 5.41) is 2.89. The molecule has 0 aliphatic heterocycles. The van der Waals surface area contributed by atoms with E-state index in [4.69, 9.17) is 5.73 Å². The lowest BCUT2D eigenvalue weighted by Gasteiger charge is -2.28. The van der Waals surface area contributed by atoms with Crippen molar-refractivity contribution in [1.29, 1.82) is 0 Å². The summed E-state index contributed by atoms with van der Waals surface area (Å²) in [6, 6.07) is 5.33. The molecule has 0 saturated heterocycles. The monoisotopic (exact) mass is 364 g/mol. The van der Waals surface area contributed by atoms with Crippen LogP contribution in [-0.4, -0.2) is 18.5 Å². The minimum Gasteiger partial charge on any atom is -0.352 e. The van der Waals surface area contributed by atoms with Gasteiger partial charge in [-0.3, -0.25) is 4.79 Å². The molecule has 136 valence electrons. The van der Waals surface area contributed by atoms with E-state index in [1.54, 1.807) is 6.07 Å². The molecular weight excluding hydrogens is 341 g/mol. The van der Waals surface area contributed by atoms with Gasteiger partial charge in [-0.25, -0.2) is 0 Å². The van der Waals surface area contributed by atoms with Crippen LogP contribution in [0.3, 0.4) is 0 Å². The Kier molecular flexibility index (Phi) is 6.70. The molecule has 1 aromatic carbocycles. The lowest BCUT2D eigenvalue weighted by Crippen LogP contribution is -2.46. The van der Waals surface area contributed by atoms with Crippen molar-refractivity contribution in [3.8, 4) is 0 Å². The standard InChI is InChI=1S/C17H23F3N2O.ClH/c1-3-16(4-2,10-21)15(23)22-14-9-12(14)11-7-5-6-8-13(11)17(18,19)20;/h5-8,12,14H,3-4,9-10,21H2,1-2H3,(H,22,23);1H. The van der Waals surface area contributed by atoms with Crippen molar-refractivity contribution in [2.75, 3.05) is 6.54 Å². The zero-order valence-electron chi connectivity index (χ0n) is 13.8. The van der Waals surface area contributed by atoms with E-state index < -0.39 is 17.2 Å². The number of amides is 1. The normalized spacial score (nSPS) is 20.2. The minimum absolute atomic E-state index is 0. The Balaban J connectivity index is 0.00000288. The summed E-state index contributed by atoms with van der Waals surface area (Å²) in [4.78, 5) is 12.5. The smallest absolute Gasteiger partial charge is 0.352 e. The fourth-order valence-electron chi connectivity index (χ4n) is 3.05. The molecule has 0 spiro atoms. The SMILES string of the molecule is CCC(CC)(CN)C(=O)NC1CC1c1ccccc1C(F)(F)F.Cl. The van der Waals surface area contributed by atoms with E-state index in [1.165, 1.54) is 12.1 Å². The van der Waals surface area contributed by atoms with Crippen LogP contribution in [0.4, 0.5) is 13.2 Å². The molecule has 7 heteroatoms. The van der Waals surface area contributed by atoms with Gasteiger partial charge < -0.3 is 11.1 Å². The first-order chi connectivity index (χ1) is 10.8. The van der Waals surface area contributed by atoms with Gasteiger partial charge in [0.2, 0.25) is 5.91 Å². The molecule has 1 saturated carbocycles. The van der Waals surface area contributed by atoms with E-state index in [2.05, 4.69) is 5.32 Å². The number of alkyl halides is 3. The van der Waals surface area contributed by atoms with E-state index in [0.29, 0.717) is 19.3 Å². The highest BCUT2D eigenvalue weighted by Gasteiger charge is 2.46. The van der Waals surface area contributed by atoms with E-state index in [0.717, 1.165) is 6.07 Å². The summed E-state index contributed by atoms with van der Waals surface area (Å²) in [5.74, 6) is -0.428. The quantitative estimate of drug-likeness (QED) is 0.805. The predicted molar refractivity (Wildman–Crippen MR) is 90.1 cm³/mol. The highest BCUT2D eigenvalue weighted by molar-refractivity contribution is 5.85. The van der Waals surface area contributed by atoms with Crippen LogP contribution in [0.25, 0.3) is 0 Å². The first-order valence-electron chi connectivity index (χ1n) is 7.96. The first-order valence-corrected chi connectivity index (χ1v) is 7.96. The first kappa shape index (κ1) is 20.8. The average molecular weight is 365 g/mol. The summed E-state index contributed by atoms with van der Waals surface area (Å²) in [5.41, 5.74) is 4.76. The van der Waals surface area contributed by atoms with Crippen molar-refractivity contribution in [1.82, 2.24) is 5.32 Å². The summed E-state index contributed by atoms with van der Waals surface area (Å²) in [7, 11) is 0. The van der Waals surface area contributed by atoms with E-state index in [-0.39, 0.29) is 42.4 Å². The van der Waals surface area contributed by atoms with Gasteiger partial charge in [0, 0.05) is 18.5 Å². The molecule has 2 unspecified atom stereocenters. The maximum atomic E-state index is 13.1. The van der Waals surface area contributed by atoms with Gasteiger partial charge in [0.25, 0.3) is 0 Å². The van der Waals surface area contributed by atoms with Crippen molar-refractivity contribution in [2.24, 2.45) is 11.1 Å². The second-order valence-corrected chi connectivity index (χ2v) is 6.20. The minimum atomic E-state index is -4.37. The van der Waals surface area contributed by atoms with Gasteiger partial charge in [-0.15, -0.1) is 12.4 Å². The molecule has 0 radical (unpaired) electrons. The van der Waals surface area contributed by atoms with Crippen LogP contribution in [0.15, 0.2) is 24.3 Å². The molecule has 1 aromatic rings. The van der Waals surface area contributed by atoms with E-state index in [9.17, 15) is 18.0 Å². The molecule has 24 heavy (non-hydrogen) atoms. The highest BCUT2D eigenvalue weighted by Crippen LogP contribution is 2.46. The third-order valence-electron chi connectivity index (χ3n) is 5.00. The third kappa shape index (κ3) is 4.03. The Morgan fingerprint density at radius 1 is 1.25 bits per heavy atom. The molecule has 1 amide bonds. The number of halogens is 4. The molecule has 1 aliphatic carbocycles. The van der Waals surface area contributed by atoms with Crippen molar-refractivity contribution in [2.45, 2.75) is 51.2 Å². The molecule has 3 N–H and O–H groups in total. The van der Waals surface area contributed by atoms with Crippen LogP contribution in [0, 0.1) is 5.41 Å². The van der Waals surface area contributed by atoms with Gasteiger partial charge in [0.15, 0.2) is 0 Å². The number of benzene rings is 1. The Bertz CT molecular complexity index is 565. The molecular formula is C17H24ClF3N2O. The average Bonchev–Trinajstić information content (AvgIpc) is 3.28. The zero-order chi connectivity index (χ0) is 17.3. The van der Waals surface area contributed by atoms with E-state index >= 15 is 0 Å². The number of hydrogen-bond donors (Lipinski definition) is 2. The number of carbonyl (C=O) groups excluding carboxylic acids is 1. The number of nitrogens with two attached hydrogens (primary N) is 1. The van der Waals surface area contributed by atoms with Crippen LogP contribution in [0.2, 0.25) is 0 Å². The molecule has 0 heterocycles. The highest BCUT2D eigenvalue weighted by atomic mass is 35.5. The summed E-state index contributed by atoms with van der Waals surface area (Å²) in [6.45, 7) is 4.04. The fraction of sp³-hybridized carbons (Fsp3) is 0.588. The van der Waals surface area contributed by atoms with Gasteiger partial charge in [-0.2, -0.15) is 13.2 Å². The van der Waals surface area contributed by atoms with Gasteiger partial charge >= 0.3 is 6.18 Å². The molecule has 2 atom stereocenters. The van der Waals surface area contributed by atoms with Crippen molar-refractivity contribution < 1.29 is 18.0 Å². The maximum absolute atomic E-state index is 13.1. The second kappa shape index (κ2) is 7.74. The van der Waals surface area contributed by atoms with Gasteiger partial charge in [-0.1, -0.05) is 32.0 Å². The maximum Gasteiger partial charge on any atom is 0.416 e. The number of hydrogen-bond acceptors (Lipinski definition) is 2. The van der Waals surface area contributed by atoms with Gasteiger partial charge in [0.05, 0.1) is 11.0 Å². The topological polar surface area (TPSA) is 55.1 Å². The Morgan fingerprint density at radius 2 is 1.83 bits per heavy atom. The van der Waals surface area contributed by atoms with Crippen LogP contribution < -0.4 is 11.1 Å². The molecule has 1 fully saturated rings. The summed E-state index contributed by atoms with van der Waals surface area (Å²) >= 11 is 0. The van der Waals surface area contributed by atoms with Crippen LogP contribution in [0.5, 0.6) is 0 Å². The molecule has 2 rings (SSSR count). The Hall–Kier alpha value is -1.27. The lowest BCUT2D eigenvalue weighted by atomic mass is 9.81. The van der Waals surface area contributed by atoms with Crippen molar-refractivity contribution in [3.05, 3.63) is 35.4 Å². The zero-order valence-corrected chi connectivity index (χ0v) is 14.6. The molecule has 1 aliphatic rings. The molecule has 0 bridgehead atoms. The van der Waals surface area contributed by atoms with Crippen molar-refractivity contribution in [3.63, 3.8) is 0 Å². The van der Waals surface area contributed by atoms with Crippen LogP contribution in [-0.2, 0) is 11.0 Å². The summed E-state index contributed by atoms with van der Waals surface area (Å²) in [6.07, 6.45) is -2.61. The largest absolute Gasteiger partial charge is 0.416 e. The Labute approximate surface area is 146 Å². The predicted octanol–water partition coefficient (Wildman–Crippen LogP) is 3.86. The van der Waals surface area contributed by atoms with Crippen LogP contribution in [0.1, 0.15) is 50.2 Å².